The van der Waals surface area contributed by atoms with Gasteiger partial charge in [0.2, 0.25) is 0 Å². The number of aromatic nitrogens is 2. The van der Waals surface area contributed by atoms with Gasteiger partial charge >= 0.3 is 0 Å². The Balaban J connectivity index is 2.17. The molecule has 2 N–H and O–H groups in total. The summed E-state index contributed by atoms with van der Waals surface area (Å²) >= 11 is 0. The summed E-state index contributed by atoms with van der Waals surface area (Å²) in [5.41, 5.74) is 0.797. The molecule has 0 aliphatic rings. The third kappa shape index (κ3) is 2.53. The molecule has 0 spiro atoms. The number of H-pyrrole nitrogens is 1. The molecule has 5 heteroatoms. The van der Waals surface area contributed by atoms with Crippen LogP contribution in [0.4, 0.5) is 0 Å². The second kappa shape index (κ2) is 5.89. The number of phenolic OH excluding ortho intramolecular Hbond substituents is 1. The Morgan fingerprint density at radius 1 is 1.18 bits per heavy atom. The summed E-state index contributed by atoms with van der Waals surface area (Å²) in [5, 5.41) is 9.99. The van der Waals surface area contributed by atoms with Crippen molar-refractivity contribution in [1.82, 2.24) is 9.97 Å². The molecule has 112 valence electrons. The number of para-hydroxylation sites is 1. The lowest BCUT2D eigenvalue weighted by atomic mass is 10.1. The highest BCUT2D eigenvalue weighted by Gasteiger charge is 2.12. The molecular formula is C17H16N2O3. The Hall–Kier alpha value is -2.82. The average Bonchev–Trinajstić information content (AvgIpc) is 2.53. The topological polar surface area (TPSA) is 75.2 Å². The monoisotopic (exact) mass is 296 g/mol. The van der Waals surface area contributed by atoms with E-state index in [1.54, 1.807) is 12.1 Å². The lowest BCUT2D eigenvalue weighted by Crippen LogP contribution is -2.10. The number of nitrogens with one attached hydrogen (secondary N) is 1. The Morgan fingerprint density at radius 2 is 2.00 bits per heavy atom. The fourth-order valence-electron chi connectivity index (χ4n) is 2.30. The summed E-state index contributed by atoms with van der Waals surface area (Å²) < 4.78 is 5.70. The Labute approximate surface area is 127 Å². The molecule has 0 saturated heterocycles. The van der Waals surface area contributed by atoms with Crippen molar-refractivity contribution in [3.63, 3.8) is 0 Å². The van der Waals surface area contributed by atoms with Gasteiger partial charge in [0.05, 0.1) is 17.7 Å². The second-order valence-corrected chi connectivity index (χ2v) is 4.93. The molecule has 0 saturated carbocycles. The SMILES string of the molecule is CCCOc1ccccc1-c1nc2cccc(O)c2c(=O)[nH]1. The first kappa shape index (κ1) is 14.1. The highest BCUT2D eigenvalue weighted by Crippen LogP contribution is 2.28. The zero-order valence-electron chi connectivity index (χ0n) is 12.2. The maximum absolute atomic E-state index is 12.2. The van der Waals surface area contributed by atoms with Crippen molar-refractivity contribution in [2.45, 2.75) is 13.3 Å². The number of nitrogens with zero attached hydrogens (tertiary/aromatic N) is 1. The largest absolute Gasteiger partial charge is 0.507 e. The minimum absolute atomic E-state index is 0.0756. The fraction of sp³-hybridized carbons (Fsp3) is 0.176. The lowest BCUT2D eigenvalue weighted by Gasteiger charge is -2.10. The number of benzene rings is 2. The molecule has 0 aliphatic heterocycles. The number of hydrogen-bond donors (Lipinski definition) is 2. The van der Waals surface area contributed by atoms with Crippen LogP contribution < -0.4 is 10.3 Å². The van der Waals surface area contributed by atoms with Crippen LogP contribution in [-0.2, 0) is 0 Å². The molecule has 3 rings (SSSR count). The second-order valence-electron chi connectivity index (χ2n) is 4.93. The maximum atomic E-state index is 12.2. The minimum Gasteiger partial charge on any atom is -0.507 e. The van der Waals surface area contributed by atoms with Gasteiger partial charge in [-0.1, -0.05) is 25.1 Å². The van der Waals surface area contributed by atoms with E-state index in [4.69, 9.17) is 4.74 Å². The number of phenols is 1. The van der Waals surface area contributed by atoms with E-state index in [0.29, 0.717) is 23.7 Å². The predicted molar refractivity (Wildman–Crippen MR) is 85.3 cm³/mol. The summed E-state index contributed by atoms with van der Waals surface area (Å²) in [6.45, 7) is 2.62. The molecule has 0 aliphatic carbocycles. The number of hydrogen-bond acceptors (Lipinski definition) is 4. The molecule has 1 heterocycles. The fourth-order valence-corrected chi connectivity index (χ4v) is 2.30. The van der Waals surface area contributed by atoms with E-state index in [1.165, 1.54) is 6.07 Å². The molecule has 5 nitrogen and oxygen atoms in total. The van der Waals surface area contributed by atoms with Gasteiger partial charge in [0, 0.05) is 0 Å². The molecule has 2 aromatic carbocycles. The first-order valence-corrected chi connectivity index (χ1v) is 7.15. The van der Waals surface area contributed by atoms with E-state index >= 15 is 0 Å². The third-order valence-electron chi connectivity index (χ3n) is 3.32. The van der Waals surface area contributed by atoms with Crippen LogP contribution in [0.3, 0.4) is 0 Å². The number of ether oxygens (including phenoxy) is 1. The number of rotatable bonds is 4. The standard InChI is InChI=1S/C17H16N2O3/c1-2-10-22-14-9-4-3-6-11(14)16-18-12-7-5-8-13(20)15(12)17(21)19-16/h3-9,20H,2,10H2,1H3,(H,18,19,21). The molecule has 0 unspecified atom stereocenters. The van der Waals surface area contributed by atoms with Crippen LogP contribution in [0, 0.1) is 0 Å². The van der Waals surface area contributed by atoms with E-state index in [0.717, 1.165) is 12.0 Å². The van der Waals surface area contributed by atoms with Crippen LogP contribution in [0.2, 0.25) is 0 Å². The first-order chi connectivity index (χ1) is 10.7. The summed E-state index contributed by atoms with van der Waals surface area (Å²) in [7, 11) is 0. The van der Waals surface area contributed by atoms with Crippen molar-refractivity contribution in [3.05, 3.63) is 52.8 Å². The smallest absolute Gasteiger partial charge is 0.262 e. The Morgan fingerprint density at radius 3 is 2.82 bits per heavy atom. The highest BCUT2D eigenvalue weighted by atomic mass is 16.5. The highest BCUT2D eigenvalue weighted by molar-refractivity contribution is 5.85. The quantitative estimate of drug-likeness (QED) is 0.775. The van der Waals surface area contributed by atoms with Gasteiger partial charge in [0.1, 0.15) is 22.7 Å². The average molecular weight is 296 g/mol. The minimum atomic E-state index is -0.372. The summed E-state index contributed by atoms with van der Waals surface area (Å²) in [6, 6.07) is 12.3. The third-order valence-corrected chi connectivity index (χ3v) is 3.32. The van der Waals surface area contributed by atoms with Gasteiger partial charge in [0.25, 0.3) is 5.56 Å². The van der Waals surface area contributed by atoms with Gasteiger partial charge in [-0.25, -0.2) is 4.98 Å². The van der Waals surface area contributed by atoms with Crippen LogP contribution >= 0.6 is 0 Å². The molecule has 0 atom stereocenters. The van der Waals surface area contributed by atoms with Crippen LogP contribution in [-0.4, -0.2) is 21.7 Å². The Bertz CT molecular complexity index is 871. The zero-order valence-corrected chi connectivity index (χ0v) is 12.2. The van der Waals surface area contributed by atoms with Crippen molar-refractivity contribution in [3.8, 4) is 22.9 Å². The van der Waals surface area contributed by atoms with Gasteiger partial charge in [-0.3, -0.25) is 4.79 Å². The van der Waals surface area contributed by atoms with Gasteiger partial charge in [-0.2, -0.15) is 0 Å². The molecule has 0 amide bonds. The normalized spacial score (nSPS) is 10.8. The number of fused-ring (bicyclic) bond motifs is 1. The van der Waals surface area contributed by atoms with Crippen molar-refractivity contribution in [2.75, 3.05) is 6.61 Å². The number of aromatic hydroxyl groups is 1. The molecule has 0 fully saturated rings. The summed E-state index contributed by atoms with van der Waals surface area (Å²) in [4.78, 5) is 19.4. The molecule has 0 radical (unpaired) electrons. The molecule has 1 aromatic heterocycles. The maximum Gasteiger partial charge on any atom is 0.262 e. The van der Waals surface area contributed by atoms with Crippen LogP contribution in [0.5, 0.6) is 11.5 Å². The van der Waals surface area contributed by atoms with Crippen LogP contribution in [0.1, 0.15) is 13.3 Å². The van der Waals surface area contributed by atoms with Crippen molar-refractivity contribution >= 4 is 10.9 Å². The molecule has 22 heavy (non-hydrogen) atoms. The summed E-state index contributed by atoms with van der Waals surface area (Å²) in [5.74, 6) is 1.02. The first-order valence-electron chi connectivity index (χ1n) is 7.15. The van der Waals surface area contributed by atoms with Crippen LogP contribution in [0.15, 0.2) is 47.3 Å². The van der Waals surface area contributed by atoms with Crippen LogP contribution in [0.25, 0.3) is 22.3 Å². The van der Waals surface area contributed by atoms with E-state index in [1.807, 2.05) is 31.2 Å². The molecule has 0 bridgehead atoms. The van der Waals surface area contributed by atoms with Crippen molar-refractivity contribution in [1.29, 1.82) is 0 Å². The molecular weight excluding hydrogens is 280 g/mol. The van der Waals surface area contributed by atoms with Gasteiger partial charge in [-0.05, 0) is 30.7 Å². The van der Waals surface area contributed by atoms with Crippen molar-refractivity contribution < 1.29 is 9.84 Å². The Kier molecular flexibility index (Phi) is 3.78. The van der Waals surface area contributed by atoms with E-state index < -0.39 is 0 Å². The predicted octanol–water partition coefficient (Wildman–Crippen LogP) is 3.08. The van der Waals surface area contributed by atoms with E-state index in [2.05, 4.69) is 9.97 Å². The lowest BCUT2D eigenvalue weighted by molar-refractivity contribution is 0.318. The van der Waals surface area contributed by atoms with E-state index in [-0.39, 0.29) is 16.7 Å². The number of aromatic amines is 1. The zero-order chi connectivity index (χ0) is 15.5. The van der Waals surface area contributed by atoms with Crippen molar-refractivity contribution in [2.24, 2.45) is 0 Å². The summed E-state index contributed by atoms with van der Waals surface area (Å²) in [6.07, 6.45) is 0.893. The van der Waals surface area contributed by atoms with E-state index in [9.17, 15) is 9.90 Å². The van der Waals surface area contributed by atoms with Gasteiger partial charge in [0.15, 0.2) is 0 Å². The van der Waals surface area contributed by atoms with Gasteiger partial charge < -0.3 is 14.8 Å². The van der Waals surface area contributed by atoms with Gasteiger partial charge in [-0.15, -0.1) is 0 Å². The molecule has 3 aromatic rings.